The van der Waals surface area contributed by atoms with Crippen molar-refractivity contribution >= 4 is 34.7 Å². The largest absolute Gasteiger partial charge is 0.465 e. The summed E-state index contributed by atoms with van der Waals surface area (Å²) in [5.41, 5.74) is 2.27. The molecule has 2 aromatic rings. The van der Waals surface area contributed by atoms with E-state index in [2.05, 4.69) is 0 Å². The van der Waals surface area contributed by atoms with E-state index in [1.165, 1.54) is 7.11 Å². The van der Waals surface area contributed by atoms with Crippen LogP contribution < -0.4 is 4.90 Å². The molecule has 0 radical (unpaired) electrons. The molecule has 0 spiro atoms. The fourth-order valence-corrected chi connectivity index (χ4v) is 4.79. The van der Waals surface area contributed by atoms with Crippen LogP contribution >= 0.6 is 11.3 Å². The van der Waals surface area contributed by atoms with E-state index in [1.54, 1.807) is 40.5 Å². The molecule has 1 amide bonds. The lowest BCUT2D eigenvalue weighted by Gasteiger charge is -2.38. The summed E-state index contributed by atoms with van der Waals surface area (Å²) in [4.78, 5) is 40.8. The van der Waals surface area contributed by atoms with Gasteiger partial charge in [-0.1, -0.05) is 18.2 Å². The number of carbonyl (C=O) groups excluding carboxylic acids is 3. The van der Waals surface area contributed by atoms with Crippen molar-refractivity contribution in [3.05, 3.63) is 63.5 Å². The number of benzene rings is 1. The summed E-state index contributed by atoms with van der Waals surface area (Å²) in [5, 5.41) is 1.96. The summed E-state index contributed by atoms with van der Waals surface area (Å²) in [5.74, 6) is -0.689. The zero-order valence-corrected chi connectivity index (χ0v) is 15.8. The van der Waals surface area contributed by atoms with Crippen molar-refractivity contribution in [3.63, 3.8) is 0 Å². The van der Waals surface area contributed by atoms with Crippen molar-refractivity contribution in [1.82, 2.24) is 0 Å². The zero-order chi connectivity index (χ0) is 19.0. The molecule has 0 N–H and O–H groups in total. The number of nitrogens with zero attached hydrogens (tertiary/aromatic N) is 1. The third-order valence-corrected chi connectivity index (χ3v) is 6.10. The van der Waals surface area contributed by atoms with Crippen molar-refractivity contribution in [1.29, 1.82) is 0 Å². The maximum absolute atomic E-state index is 13.2. The number of Topliss-reactive ketones (excluding diaryl/α,β-unsaturated/α-hetero) is 1. The van der Waals surface area contributed by atoms with Gasteiger partial charge in [-0.25, -0.2) is 4.79 Å². The van der Waals surface area contributed by atoms with Crippen LogP contribution in [-0.2, 0) is 14.3 Å². The minimum atomic E-state index is -0.497. The summed E-state index contributed by atoms with van der Waals surface area (Å²) in [7, 11) is 1.32. The average Bonchev–Trinajstić information content (AvgIpc) is 3.21. The second-order valence-corrected chi connectivity index (χ2v) is 7.63. The number of amides is 1. The molecule has 1 atom stereocenters. The quantitative estimate of drug-likeness (QED) is 0.752. The van der Waals surface area contributed by atoms with Crippen LogP contribution in [0.4, 0.5) is 5.69 Å². The minimum Gasteiger partial charge on any atom is -0.465 e. The van der Waals surface area contributed by atoms with Crippen LogP contribution in [0.1, 0.15) is 46.8 Å². The summed E-state index contributed by atoms with van der Waals surface area (Å²) < 4.78 is 4.88. The Bertz CT molecular complexity index is 945. The van der Waals surface area contributed by atoms with Crippen LogP contribution in [0.5, 0.6) is 0 Å². The van der Waals surface area contributed by atoms with Crippen LogP contribution in [-0.4, -0.2) is 24.8 Å². The molecule has 1 aliphatic heterocycles. The summed E-state index contributed by atoms with van der Waals surface area (Å²) in [6.07, 6.45) is 2.07. The van der Waals surface area contributed by atoms with Gasteiger partial charge in [0.05, 0.1) is 18.4 Å². The first-order valence-electron chi connectivity index (χ1n) is 8.91. The van der Waals surface area contributed by atoms with Crippen LogP contribution in [0.15, 0.2) is 53.0 Å². The first-order chi connectivity index (χ1) is 13.1. The number of hydrogen-bond donors (Lipinski definition) is 0. The number of anilines is 1. The Morgan fingerprint density at radius 1 is 1.15 bits per heavy atom. The molecular formula is C21H19NO4S. The lowest BCUT2D eigenvalue weighted by atomic mass is 9.79. The molecule has 1 aromatic heterocycles. The fourth-order valence-electron chi connectivity index (χ4n) is 3.96. The smallest absolute Gasteiger partial charge is 0.339 e. The van der Waals surface area contributed by atoms with Crippen molar-refractivity contribution in [3.8, 4) is 0 Å². The molecule has 0 saturated carbocycles. The Balaban J connectivity index is 1.89. The molecule has 1 aromatic carbocycles. The highest BCUT2D eigenvalue weighted by molar-refractivity contribution is 7.10. The normalized spacial score (nSPS) is 19.9. The summed E-state index contributed by atoms with van der Waals surface area (Å²) in [6, 6.07) is 10.8. The monoisotopic (exact) mass is 381 g/mol. The van der Waals surface area contributed by atoms with E-state index in [0.29, 0.717) is 30.5 Å². The third kappa shape index (κ3) is 3.00. The van der Waals surface area contributed by atoms with Crippen molar-refractivity contribution in [2.24, 2.45) is 0 Å². The lowest BCUT2D eigenvalue weighted by molar-refractivity contribution is -0.119. The number of rotatable bonds is 3. The number of ether oxygens (including phenoxy) is 1. The maximum Gasteiger partial charge on any atom is 0.339 e. The van der Waals surface area contributed by atoms with E-state index in [9.17, 15) is 14.4 Å². The van der Waals surface area contributed by atoms with Crippen LogP contribution in [0.2, 0.25) is 0 Å². The minimum absolute atomic E-state index is 0.0989. The van der Waals surface area contributed by atoms with E-state index in [4.69, 9.17) is 4.74 Å². The van der Waals surface area contributed by atoms with E-state index < -0.39 is 5.97 Å². The molecule has 6 heteroatoms. The maximum atomic E-state index is 13.2. The van der Waals surface area contributed by atoms with Gasteiger partial charge in [-0.05, 0) is 36.4 Å². The topological polar surface area (TPSA) is 63.7 Å². The van der Waals surface area contributed by atoms with Crippen LogP contribution in [0, 0.1) is 0 Å². The highest BCUT2D eigenvalue weighted by Crippen LogP contribution is 2.45. The second-order valence-electron chi connectivity index (χ2n) is 6.65. The molecule has 0 bridgehead atoms. The van der Waals surface area contributed by atoms with Crippen LogP contribution in [0.3, 0.4) is 0 Å². The number of esters is 1. The van der Waals surface area contributed by atoms with E-state index in [-0.39, 0.29) is 24.0 Å². The Labute approximate surface area is 161 Å². The Kier molecular flexibility index (Phi) is 4.66. The van der Waals surface area contributed by atoms with Crippen LogP contribution in [0.25, 0.3) is 0 Å². The molecule has 27 heavy (non-hydrogen) atoms. The fraction of sp³-hybridized carbons (Fsp3) is 0.286. The van der Waals surface area contributed by atoms with E-state index in [0.717, 1.165) is 16.1 Å². The number of methoxy groups -OCH3 is 1. The van der Waals surface area contributed by atoms with Gasteiger partial charge in [0.15, 0.2) is 5.78 Å². The van der Waals surface area contributed by atoms with E-state index >= 15 is 0 Å². The molecule has 1 aliphatic carbocycles. The van der Waals surface area contributed by atoms with Crippen molar-refractivity contribution in [2.45, 2.75) is 31.6 Å². The Hall–Kier alpha value is -2.73. The molecular weight excluding hydrogens is 362 g/mol. The molecule has 0 fully saturated rings. The van der Waals surface area contributed by atoms with Crippen molar-refractivity contribution < 1.29 is 19.1 Å². The standard InChI is InChI=1S/C21H19NO4S/c1-26-21(25)13-6-2-3-7-15(13)22-16-8-4-9-17(23)20(16)14(12-19(22)24)18-10-5-11-27-18/h2-3,5-7,10-11,14H,4,8-9,12H2,1H3. The van der Waals surface area contributed by atoms with Gasteiger partial charge in [0.2, 0.25) is 5.91 Å². The lowest BCUT2D eigenvalue weighted by Crippen LogP contribution is -2.41. The summed E-state index contributed by atoms with van der Waals surface area (Å²) in [6.45, 7) is 0. The first-order valence-corrected chi connectivity index (χ1v) is 9.79. The number of hydrogen-bond acceptors (Lipinski definition) is 5. The Morgan fingerprint density at radius 3 is 2.70 bits per heavy atom. The van der Waals surface area contributed by atoms with Gasteiger partial charge in [-0.15, -0.1) is 11.3 Å². The predicted octanol–water partition coefficient (Wildman–Crippen LogP) is 4.06. The van der Waals surface area contributed by atoms with E-state index in [1.807, 2.05) is 17.5 Å². The average molecular weight is 381 g/mol. The highest BCUT2D eigenvalue weighted by Gasteiger charge is 2.40. The molecule has 4 rings (SSSR count). The van der Waals surface area contributed by atoms with Gasteiger partial charge in [0.1, 0.15) is 0 Å². The van der Waals surface area contributed by atoms with Gasteiger partial charge in [0.25, 0.3) is 0 Å². The number of thiophene rings is 1. The molecule has 2 heterocycles. The van der Waals surface area contributed by atoms with Gasteiger partial charge in [-0.2, -0.15) is 0 Å². The molecule has 5 nitrogen and oxygen atoms in total. The molecule has 1 unspecified atom stereocenters. The van der Waals surface area contributed by atoms with Gasteiger partial charge < -0.3 is 4.74 Å². The number of allylic oxidation sites excluding steroid dienone is 2. The summed E-state index contributed by atoms with van der Waals surface area (Å²) >= 11 is 1.57. The number of ketones is 1. The number of para-hydroxylation sites is 1. The second kappa shape index (κ2) is 7.12. The SMILES string of the molecule is COC(=O)c1ccccc1N1C(=O)CC(c2cccs2)C2=C1CCCC2=O. The third-order valence-electron chi connectivity index (χ3n) is 5.11. The molecule has 2 aliphatic rings. The van der Waals surface area contributed by atoms with Gasteiger partial charge in [-0.3, -0.25) is 14.5 Å². The molecule has 0 saturated heterocycles. The predicted molar refractivity (Wildman–Crippen MR) is 103 cm³/mol. The van der Waals surface area contributed by atoms with Gasteiger partial charge in [0, 0.05) is 34.9 Å². The van der Waals surface area contributed by atoms with Gasteiger partial charge >= 0.3 is 5.97 Å². The zero-order valence-electron chi connectivity index (χ0n) is 14.9. The van der Waals surface area contributed by atoms with Crippen molar-refractivity contribution in [2.75, 3.05) is 12.0 Å². The number of carbonyl (C=O) groups is 3. The molecule has 138 valence electrons. The Morgan fingerprint density at radius 2 is 1.96 bits per heavy atom. The first kappa shape index (κ1) is 17.7. The highest BCUT2D eigenvalue weighted by atomic mass is 32.1.